The first-order chi connectivity index (χ1) is 23.8. The zero-order valence-corrected chi connectivity index (χ0v) is 25.4. The fraction of sp³-hybridized carbons (Fsp3) is 0. The molecule has 6 aromatic heterocycles. The molecular weight excluding hydrogens is 592 g/mol. The minimum Gasteiger partial charge on any atom is -0.278 e. The van der Waals surface area contributed by atoms with Crippen LogP contribution in [0.5, 0.6) is 0 Å². The molecule has 6 heterocycles. The maximum Gasteiger partial charge on any atom is 0.236 e. The summed E-state index contributed by atoms with van der Waals surface area (Å²) in [4.78, 5) is 30.1. The first kappa shape index (κ1) is 26.4. The van der Waals surface area contributed by atoms with E-state index in [9.17, 15) is 0 Å². The monoisotopic (exact) mass is 616 g/mol. The van der Waals surface area contributed by atoms with E-state index in [0.717, 1.165) is 66.1 Å². The molecule has 0 unspecified atom stereocenters. The van der Waals surface area contributed by atoms with Gasteiger partial charge in [0.2, 0.25) is 11.9 Å². The molecule has 0 radical (unpaired) electrons. The number of rotatable bonds is 4. The van der Waals surface area contributed by atoms with Crippen LogP contribution in [-0.2, 0) is 0 Å². The van der Waals surface area contributed by atoms with Gasteiger partial charge in [0.05, 0.1) is 22.1 Å². The quantitative estimate of drug-likeness (QED) is 0.197. The molecule has 0 N–H and O–H groups in total. The Morgan fingerprint density at radius 1 is 0.354 bits per heavy atom. The maximum atomic E-state index is 5.32. The fourth-order valence-corrected chi connectivity index (χ4v) is 6.85. The van der Waals surface area contributed by atoms with Gasteiger partial charge in [-0.15, -0.1) is 0 Å². The van der Waals surface area contributed by atoms with Crippen LogP contribution in [0.15, 0.2) is 146 Å². The number of hydrogen-bond donors (Lipinski definition) is 0. The average molecular weight is 617 g/mol. The van der Waals surface area contributed by atoms with Crippen molar-refractivity contribution in [3.63, 3.8) is 0 Å². The van der Waals surface area contributed by atoms with Gasteiger partial charge in [-0.05, 0) is 24.3 Å². The highest BCUT2D eigenvalue weighted by Crippen LogP contribution is 2.37. The minimum atomic E-state index is 0.537. The highest BCUT2D eigenvalue weighted by molar-refractivity contribution is 6.10. The van der Waals surface area contributed by atoms with E-state index in [4.69, 9.17) is 19.9 Å². The third-order valence-electron chi connectivity index (χ3n) is 8.96. The van der Waals surface area contributed by atoms with Crippen molar-refractivity contribution in [2.45, 2.75) is 0 Å². The normalized spacial score (nSPS) is 11.8. The van der Waals surface area contributed by atoms with Crippen molar-refractivity contribution < 1.29 is 0 Å². The summed E-state index contributed by atoms with van der Waals surface area (Å²) in [5.74, 6) is 1.07. The third kappa shape index (κ3) is 3.89. The number of benzene rings is 4. The molecule has 0 aliphatic heterocycles. The van der Waals surface area contributed by atoms with Gasteiger partial charge < -0.3 is 0 Å². The summed E-state index contributed by atoms with van der Waals surface area (Å²) in [5, 5.41) is 4.24. The molecule has 0 bridgehead atoms. The summed E-state index contributed by atoms with van der Waals surface area (Å²) in [6, 6.07) is 41.0. The zero-order chi connectivity index (χ0) is 31.6. The highest BCUT2D eigenvalue weighted by atomic mass is 15.2. The molecule has 0 atom stereocenters. The van der Waals surface area contributed by atoms with Crippen molar-refractivity contribution in [2.24, 2.45) is 0 Å². The van der Waals surface area contributed by atoms with Gasteiger partial charge in [0.1, 0.15) is 22.4 Å². The van der Waals surface area contributed by atoms with Gasteiger partial charge in [0, 0.05) is 57.5 Å². The molecule has 10 aromatic rings. The van der Waals surface area contributed by atoms with Gasteiger partial charge in [0.15, 0.2) is 0 Å². The largest absolute Gasteiger partial charge is 0.278 e. The van der Waals surface area contributed by atoms with Crippen molar-refractivity contribution in [1.82, 2.24) is 39.0 Å². The Balaban J connectivity index is 1.37. The van der Waals surface area contributed by atoms with Gasteiger partial charge in [-0.3, -0.25) is 19.1 Å². The zero-order valence-electron chi connectivity index (χ0n) is 25.4. The van der Waals surface area contributed by atoms with E-state index in [-0.39, 0.29) is 0 Å². The predicted octanol–water partition coefficient (Wildman–Crippen LogP) is 8.74. The molecule has 8 nitrogen and oxygen atoms in total. The number of nitrogens with zero attached hydrogens (tertiary/aromatic N) is 8. The van der Waals surface area contributed by atoms with Crippen molar-refractivity contribution in [1.29, 1.82) is 0 Å². The Morgan fingerprint density at radius 3 is 1.21 bits per heavy atom. The number of pyridine rings is 2. The van der Waals surface area contributed by atoms with Crippen LogP contribution in [0, 0.1) is 0 Å². The van der Waals surface area contributed by atoms with Crippen molar-refractivity contribution >= 4 is 54.6 Å². The van der Waals surface area contributed by atoms with Crippen LogP contribution >= 0.6 is 0 Å². The molecule has 48 heavy (non-hydrogen) atoms. The molecule has 0 saturated heterocycles. The van der Waals surface area contributed by atoms with Crippen LogP contribution in [-0.4, -0.2) is 39.0 Å². The van der Waals surface area contributed by atoms with Crippen LogP contribution in [0.1, 0.15) is 0 Å². The SMILES string of the molecule is c1ccc(-c2nc(-n3c4ccccc4c4cnccc43)nc3c(-c4ccccc4)nc(-n4c5ccccc5c5cnccc54)nc23)cc1. The standard InChI is InChI=1S/C40H24N8/c1-3-11-25(12-4-1)35-37-38(46-39(43-35)47-31-17-9-7-15-27(31)29-23-41-21-19-33(29)47)36(26-13-5-2-6-14-26)44-40(45-37)48-32-18-10-8-16-28(32)30-24-42-22-20-34(30)48/h1-24H. The van der Waals surface area contributed by atoms with Crippen LogP contribution in [0.3, 0.4) is 0 Å². The first-order valence-electron chi connectivity index (χ1n) is 15.7. The Labute approximate surface area is 273 Å². The third-order valence-corrected chi connectivity index (χ3v) is 8.96. The van der Waals surface area contributed by atoms with E-state index in [1.54, 1.807) is 0 Å². The summed E-state index contributed by atoms with van der Waals surface area (Å²) in [5.41, 5.74) is 8.58. The van der Waals surface area contributed by atoms with Crippen molar-refractivity contribution in [2.75, 3.05) is 0 Å². The number of para-hydroxylation sites is 2. The van der Waals surface area contributed by atoms with E-state index < -0.39 is 0 Å². The highest BCUT2D eigenvalue weighted by Gasteiger charge is 2.23. The van der Waals surface area contributed by atoms with Crippen molar-refractivity contribution in [3.8, 4) is 34.4 Å². The lowest BCUT2D eigenvalue weighted by Gasteiger charge is -2.15. The molecule has 0 spiro atoms. The summed E-state index contributed by atoms with van der Waals surface area (Å²) in [6.45, 7) is 0. The fourth-order valence-electron chi connectivity index (χ4n) is 6.85. The van der Waals surface area contributed by atoms with Gasteiger partial charge in [-0.2, -0.15) is 0 Å². The lowest BCUT2D eigenvalue weighted by Crippen LogP contribution is -2.09. The van der Waals surface area contributed by atoms with Crippen LogP contribution in [0.2, 0.25) is 0 Å². The van der Waals surface area contributed by atoms with Crippen molar-refractivity contribution in [3.05, 3.63) is 146 Å². The molecule has 0 aliphatic carbocycles. The van der Waals surface area contributed by atoms with Crippen LogP contribution < -0.4 is 0 Å². The summed E-state index contributed by atoms with van der Waals surface area (Å²) in [7, 11) is 0. The molecule has 8 heteroatoms. The molecular formula is C40H24N8. The molecule has 10 rings (SSSR count). The Hall–Kier alpha value is -6.80. The molecule has 4 aromatic carbocycles. The first-order valence-corrected chi connectivity index (χ1v) is 15.7. The Kier molecular flexibility index (Phi) is 5.71. The molecule has 0 aliphatic rings. The molecule has 0 saturated carbocycles. The second-order valence-electron chi connectivity index (χ2n) is 11.7. The second-order valence-corrected chi connectivity index (χ2v) is 11.7. The lowest BCUT2D eigenvalue weighted by molar-refractivity contribution is 0.979. The van der Waals surface area contributed by atoms with E-state index in [1.807, 2.05) is 97.6 Å². The number of fused-ring (bicyclic) bond motifs is 7. The van der Waals surface area contributed by atoms with Gasteiger partial charge in [-0.25, -0.2) is 19.9 Å². The smallest absolute Gasteiger partial charge is 0.236 e. The predicted molar refractivity (Wildman–Crippen MR) is 190 cm³/mol. The molecule has 0 fully saturated rings. The van der Waals surface area contributed by atoms with Crippen LogP contribution in [0.4, 0.5) is 0 Å². The van der Waals surface area contributed by atoms with E-state index in [0.29, 0.717) is 22.9 Å². The number of aromatic nitrogens is 8. The second kappa shape index (κ2) is 10.4. The van der Waals surface area contributed by atoms with Gasteiger partial charge in [0.25, 0.3) is 0 Å². The Bertz CT molecular complexity index is 2540. The average Bonchev–Trinajstić information content (AvgIpc) is 3.68. The Morgan fingerprint density at radius 2 is 0.750 bits per heavy atom. The van der Waals surface area contributed by atoms with Gasteiger partial charge in [-0.1, -0.05) is 97.1 Å². The van der Waals surface area contributed by atoms with E-state index in [1.165, 1.54) is 0 Å². The van der Waals surface area contributed by atoms with Crippen LogP contribution in [0.25, 0.3) is 89.1 Å². The number of hydrogen-bond acceptors (Lipinski definition) is 6. The summed E-state index contributed by atoms with van der Waals surface area (Å²) in [6.07, 6.45) is 7.42. The topological polar surface area (TPSA) is 87.2 Å². The maximum absolute atomic E-state index is 5.32. The van der Waals surface area contributed by atoms with Gasteiger partial charge >= 0.3 is 0 Å². The molecule has 0 amide bonds. The minimum absolute atomic E-state index is 0.537. The molecule has 224 valence electrons. The summed E-state index contributed by atoms with van der Waals surface area (Å²) < 4.78 is 4.22. The van der Waals surface area contributed by atoms with E-state index in [2.05, 4.69) is 67.6 Å². The van der Waals surface area contributed by atoms with E-state index >= 15 is 0 Å². The lowest BCUT2D eigenvalue weighted by atomic mass is 10.1. The summed E-state index contributed by atoms with van der Waals surface area (Å²) >= 11 is 0.